The van der Waals surface area contributed by atoms with Crippen molar-refractivity contribution < 1.29 is 39.7 Å². The Morgan fingerprint density at radius 1 is 1.09 bits per heavy atom. The first-order chi connectivity index (χ1) is 16.0. The molecule has 6 nitrogen and oxygen atoms in total. The van der Waals surface area contributed by atoms with E-state index in [9.17, 15) is 21.6 Å². The van der Waals surface area contributed by atoms with Crippen LogP contribution in [-0.4, -0.2) is 53.8 Å². The number of hydrogen-bond acceptors (Lipinski definition) is 6. The maximum absolute atomic E-state index is 12.8. The number of hydrogen-bond donors (Lipinski definition) is 0. The van der Waals surface area contributed by atoms with E-state index >= 15 is 0 Å². The Hall–Kier alpha value is -0.983. The van der Waals surface area contributed by atoms with Gasteiger partial charge in [-0.15, -0.1) is 0 Å². The number of benzene rings is 1. The molecule has 0 saturated carbocycles. The number of rotatable bonds is 11. The first-order valence-corrected chi connectivity index (χ1v) is 16.3. The predicted octanol–water partition coefficient (Wildman–Crippen LogP) is 6.03. The van der Waals surface area contributed by atoms with Crippen LogP contribution >= 0.6 is 0 Å². The zero-order chi connectivity index (χ0) is 26.5. The average Bonchev–Trinajstić information content (AvgIpc) is 2.73. The van der Waals surface area contributed by atoms with Crippen LogP contribution in [0.5, 0.6) is 0 Å². The third kappa shape index (κ3) is 8.82. The van der Waals surface area contributed by atoms with Crippen molar-refractivity contribution in [2.45, 2.75) is 95.5 Å². The van der Waals surface area contributed by atoms with Crippen LogP contribution < -0.4 is 0 Å². The van der Waals surface area contributed by atoms with Crippen molar-refractivity contribution in [3.05, 3.63) is 35.9 Å². The zero-order valence-electron chi connectivity index (χ0n) is 21.4. The minimum Gasteiger partial charge on any atom is -0.411 e. The highest BCUT2D eigenvalue weighted by molar-refractivity contribution is 7.87. The monoisotopic (exact) mass is 540 g/mol. The highest BCUT2D eigenvalue weighted by Gasteiger charge is 2.49. The van der Waals surface area contributed by atoms with E-state index in [1.807, 2.05) is 50.3 Å². The van der Waals surface area contributed by atoms with Crippen molar-refractivity contribution in [3.63, 3.8) is 0 Å². The Morgan fingerprint density at radius 2 is 1.71 bits per heavy atom. The van der Waals surface area contributed by atoms with E-state index in [0.717, 1.165) is 5.56 Å². The third-order valence-electron chi connectivity index (χ3n) is 6.82. The molecule has 11 heteroatoms. The van der Waals surface area contributed by atoms with Crippen molar-refractivity contribution in [2.24, 2.45) is 5.92 Å². The van der Waals surface area contributed by atoms with Gasteiger partial charge in [-0.2, -0.15) is 21.6 Å². The summed E-state index contributed by atoms with van der Waals surface area (Å²) in [7, 11) is -8.01. The van der Waals surface area contributed by atoms with E-state index in [0.29, 0.717) is 32.5 Å². The number of halogens is 3. The van der Waals surface area contributed by atoms with Gasteiger partial charge >= 0.3 is 15.6 Å². The first kappa shape index (κ1) is 30.2. The molecule has 0 N–H and O–H groups in total. The Kier molecular flexibility index (Phi) is 10.4. The van der Waals surface area contributed by atoms with Gasteiger partial charge in [0.05, 0.1) is 25.4 Å². The Bertz CT molecular complexity index is 887. The maximum Gasteiger partial charge on any atom is 0.523 e. The van der Waals surface area contributed by atoms with Crippen LogP contribution in [0.15, 0.2) is 30.3 Å². The summed E-state index contributed by atoms with van der Waals surface area (Å²) < 4.78 is 84.1. The standard InChI is InChI=1S/C24H39F3O6SSi/c1-18-15-21(33-35(5,6)23(2,3)4)22(17-31-34(28,29)24(25,26)27)32-20(18)13-10-14-30-16-19-11-8-7-9-12-19/h7-9,11-12,18,20-22H,10,13-17H2,1-6H3/t18-,20-,21-,22+/m0/s1. The highest BCUT2D eigenvalue weighted by atomic mass is 32.2. The molecule has 0 aromatic heterocycles. The SMILES string of the molecule is C[C@H]1C[C@H](O[Si](C)(C)C(C)(C)C)[C@@H](COS(=O)(=O)C(F)(F)F)O[C@H]1CCCOCc1ccccc1. The first-order valence-electron chi connectivity index (χ1n) is 11.9. The topological polar surface area (TPSA) is 71.1 Å². The lowest BCUT2D eigenvalue weighted by Gasteiger charge is -2.46. The lowest BCUT2D eigenvalue weighted by Crippen LogP contribution is -2.53. The quantitative estimate of drug-likeness (QED) is 0.148. The minimum absolute atomic E-state index is 0.0781. The second-order valence-corrected chi connectivity index (χ2v) is 17.1. The molecule has 202 valence electrons. The number of alkyl halides is 3. The fraction of sp³-hybridized carbons (Fsp3) is 0.750. The lowest BCUT2D eigenvalue weighted by atomic mass is 9.89. The molecule has 0 bridgehead atoms. The predicted molar refractivity (Wildman–Crippen MR) is 131 cm³/mol. The van der Waals surface area contributed by atoms with Crippen LogP contribution in [0.2, 0.25) is 18.1 Å². The zero-order valence-corrected chi connectivity index (χ0v) is 23.2. The molecule has 0 radical (unpaired) electrons. The largest absolute Gasteiger partial charge is 0.523 e. The highest BCUT2D eigenvalue weighted by Crippen LogP contribution is 2.40. The molecule has 1 saturated heterocycles. The van der Waals surface area contributed by atoms with Gasteiger partial charge in [-0.05, 0) is 48.9 Å². The van der Waals surface area contributed by atoms with Gasteiger partial charge in [0.25, 0.3) is 0 Å². The molecule has 4 atom stereocenters. The fourth-order valence-corrected chi connectivity index (χ4v) is 5.47. The van der Waals surface area contributed by atoms with E-state index in [1.54, 1.807) is 0 Å². The second-order valence-electron chi connectivity index (χ2n) is 10.7. The molecule has 2 rings (SSSR count). The summed E-state index contributed by atoms with van der Waals surface area (Å²) in [6, 6.07) is 9.79. The Morgan fingerprint density at radius 3 is 2.29 bits per heavy atom. The molecule has 1 aliphatic rings. The van der Waals surface area contributed by atoms with E-state index in [4.69, 9.17) is 13.9 Å². The molecular formula is C24H39F3O6SSi. The molecule has 0 aliphatic carbocycles. The van der Waals surface area contributed by atoms with E-state index < -0.39 is 42.8 Å². The van der Waals surface area contributed by atoms with Crippen molar-refractivity contribution in [1.29, 1.82) is 0 Å². The summed E-state index contributed by atoms with van der Waals surface area (Å²) in [4.78, 5) is 0. The molecular weight excluding hydrogens is 501 g/mol. The van der Waals surface area contributed by atoms with Gasteiger partial charge in [0.1, 0.15) is 6.10 Å². The van der Waals surface area contributed by atoms with Crippen molar-refractivity contribution in [3.8, 4) is 0 Å². The Balaban J connectivity index is 2.01. The van der Waals surface area contributed by atoms with Crippen molar-refractivity contribution in [1.82, 2.24) is 0 Å². The van der Waals surface area contributed by atoms with Gasteiger partial charge in [-0.3, -0.25) is 4.18 Å². The average molecular weight is 541 g/mol. The molecule has 0 spiro atoms. The van der Waals surface area contributed by atoms with Gasteiger partial charge in [0.2, 0.25) is 0 Å². The van der Waals surface area contributed by atoms with Gasteiger partial charge in [-0.25, -0.2) is 0 Å². The van der Waals surface area contributed by atoms with Crippen LogP contribution in [0.3, 0.4) is 0 Å². The van der Waals surface area contributed by atoms with Gasteiger partial charge in [0, 0.05) is 6.61 Å². The van der Waals surface area contributed by atoms with Crippen molar-refractivity contribution in [2.75, 3.05) is 13.2 Å². The summed E-state index contributed by atoms with van der Waals surface area (Å²) in [5, 5.41) is -0.132. The summed E-state index contributed by atoms with van der Waals surface area (Å²) in [5.41, 5.74) is -4.41. The molecule has 1 fully saturated rings. The molecule has 1 heterocycles. The normalized spacial score (nSPS) is 24.5. The van der Waals surface area contributed by atoms with Crippen LogP contribution in [-0.2, 0) is 34.8 Å². The van der Waals surface area contributed by atoms with E-state index in [1.165, 1.54) is 0 Å². The van der Waals surface area contributed by atoms with Crippen LogP contribution in [0.1, 0.15) is 52.5 Å². The summed E-state index contributed by atoms with van der Waals surface area (Å²) in [5.74, 6) is 0.0781. The minimum atomic E-state index is -5.72. The van der Waals surface area contributed by atoms with E-state index in [2.05, 4.69) is 25.0 Å². The smallest absolute Gasteiger partial charge is 0.411 e. The summed E-state index contributed by atoms with van der Waals surface area (Å²) >= 11 is 0. The molecule has 1 aromatic rings. The van der Waals surface area contributed by atoms with Crippen LogP contribution in [0, 0.1) is 5.92 Å². The number of ether oxygens (including phenoxy) is 2. The summed E-state index contributed by atoms with van der Waals surface area (Å²) in [6.07, 6.45) is 0.127. The second kappa shape index (κ2) is 12.0. The van der Waals surface area contributed by atoms with Gasteiger partial charge in [-0.1, -0.05) is 58.0 Å². The molecule has 0 unspecified atom stereocenters. The fourth-order valence-electron chi connectivity index (χ4n) is 3.67. The maximum atomic E-state index is 12.8. The van der Waals surface area contributed by atoms with E-state index in [-0.39, 0.29) is 17.1 Å². The molecule has 35 heavy (non-hydrogen) atoms. The van der Waals surface area contributed by atoms with Crippen LogP contribution in [0.4, 0.5) is 13.2 Å². The van der Waals surface area contributed by atoms with Crippen LogP contribution in [0.25, 0.3) is 0 Å². The molecule has 1 aromatic carbocycles. The van der Waals surface area contributed by atoms with Gasteiger partial charge < -0.3 is 13.9 Å². The third-order valence-corrected chi connectivity index (χ3v) is 12.3. The van der Waals surface area contributed by atoms with Gasteiger partial charge in [0.15, 0.2) is 8.32 Å². The molecule has 0 amide bonds. The lowest BCUT2D eigenvalue weighted by molar-refractivity contribution is -0.152. The molecule has 1 aliphatic heterocycles. The summed E-state index contributed by atoms with van der Waals surface area (Å²) in [6.45, 7) is 12.5. The van der Waals surface area contributed by atoms with Crippen molar-refractivity contribution >= 4 is 18.4 Å². The Labute approximate surface area is 208 Å².